The third-order valence-electron chi connectivity index (χ3n) is 3.45. The number of nitrogens with one attached hydrogen (secondary N) is 1. The molecule has 1 N–H and O–H groups in total. The third kappa shape index (κ3) is 4.90. The van der Waals surface area contributed by atoms with E-state index >= 15 is 0 Å². The van der Waals surface area contributed by atoms with Gasteiger partial charge in [0.1, 0.15) is 0 Å². The lowest BCUT2D eigenvalue weighted by atomic mass is 10.2. The molecule has 1 heterocycles. The van der Waals surface area contributed by atoms with Crippen LogP contribution in [0.25, 0.3) is 5.69 Å². The van der Waals surface area contributed by atoms with E-state index in [4.69, 9.17) is 4.74 Å². The standard InChI is InChI=1S/C17H20N4O4/c1-12-8-9-19-21(12)14-6-4-13(5-7-14)17(24)25-11-15(22)18-10-16(23)20(2)3/h4-9H,10-11H2,1-3H3,(H,18,22). The van der Waals surface area contributed by atoms with Crippen molar-refractivity contribution in [3.63, 3.8) is 0 Å². The highest BCUT2D eigenvalue weighted by Crippen LogP contribution is 2.12. The van der Waals surface area contributed by atoms with Crippen molar-refractivity contribution in [3.8, 4) is 5.69 Å². The van der Waals surface area contributed by atoms with Crippen molar-refractivity contribution in [2.45, 2.75) is 6.92 Å². The number of ether oxygens (including phenoxy) is 1. The van der Waals surface area contributed by atoms with Crippen molar-refractivity contribution in [1.82, 2.24) is 20.0 Å². The molecule has 0 unspecified atom stereocenters. The number of carbonyl (C=O) groups excluding carboxylic acids is 3. The number of likely N-dealkylation sites (N-methyl/N-ethyl adjacent to an activating group) is 1. The van der Waals surface area contributed by atoms with Crippen LogP contribution in [-0.2, 0) is 14.3 Å². The van der Waals surface area contributed by atoms with E-state index in [2.05, 4.69) is 10.4 Å². The molecule has 0 saturated carbocycles. The maximum atomic E-state index is 12.0. The summed E-state index contributed by atoms with van der Waals surface area (Å²) < 4.78 is 6.68. The summed E-state index contributed by atoms with van der Waals surface area (Å²) in [6.07, 6.45) is 1.69. The van der Waals surface area contributed by atoms with Gasteiger partial charge in [-0.1, -0.05) is 0 Å². The van der Waals surface area contributed by atoms with Gasteiger partial charge in [-0.3, -0.25) is 9.59 Å². The number of aromatic nitrogens is 2. The topological polar surface area (TPSA) is 93.5 Å². The minimum atomic E-state index is -0.613. The zero-order chi connectivity index (χ0) is 18.4. The number of esters is 1. The van der Waals surface area contributed by atoms with Crippen molar-refractivity contribution in [1.29, 1.82) is 0 Å². The van der Waals surface area contributed by atoms with E-state index < -0.39 is 18.5 Å². The van der Waals surface area contributed by atoms with Crippen molar-refractivity contribution in [2.24, 2.45) is 0 Å². The van der Waals surface area contributed by atoms with Crippen LogP contribution in [0, 0.1) is 6.92 Å². The normalized spacial score (nSPS) is 10.2. The predicted molar refractivity (Wildman–Crippen MR) is 90.3 cm³/mol. The van der Waals surface area contributed by atoms with Gasteiger partial charge in [0.2, 0.25) is 5.91 Å². The molecule has 2 amide bonds. The first-order valence-corrected chi connectivity index (χ1v) is 7.63. The molecule has 2 rings (SSSR count). The molecule has 0 aliphatic heterocycles. The summed E-state index contributed by atoms with van der Waals surface area (Å²) >= 11 is 0. The summed E-state index contributed by atoms with van der Waals surface area (Å²) in [5.41, 5.74) is 2.11. The second-order valence-electron chi connectivity index (χ2n) is 5.57. The lowest BCUT2D eigenvalue weighted by Gasteiger charge is -2.11. The van der Waals surface area contributed by atoms with Gasteiger partial charge in [-0.25, -0.2) is 9.48 Å². The van der Waals surface area contributed by atoms with Gasteiger partial charge >= 0.3 is 5.97 Å². The number of aryl methyl sites for hydroxylation is 1. The molecule has 0 atom stereocenters. The Balaban J connectivity index is 1.86. The molecule has 0 aliphatic carbocycles. The molecule has 1 aromatic heterocycles. The Bertz CT molecular complexity index is 765. The van der Waals surface area contributed by atoms with Crippen molar-refractivity contribution in [3.05, 3.63) is 47.8 Å². The number of hydrogen-bond donors (Lipinski definition) is 1. The van der Waals surface area contributed by atoms with Crippen LogP contribution in [0.1, 0.15) is 16.1 Å². The summed E-state index contributed by atoms with van der Waals surface area (Å²) in [5.74, 6) is -1.39. The SMILES string of the molecule is Cc1ccnn1-c1ccc(C(=O)OCC(=O)NCC(=O)N(C)C)cc1. The van der Waals surface area contributed by atoms with Crippen LogP contribution < -0.4 is 5.32 Å². The molecule has 132 valence electrons. The van der Waals surface area contributed by atoms with E-state index in [1.807, 2.05) is 13.0 Å². The smallest absolute Gasteiger partial charge is 0.338 e. The molecule has 0 fully saturated rings. The number of amides is 2. The highest BCUT2D eigenvalue weighted by Gasteiger charge is 2.12. The van der Waals surface area contributed by atoms with Crippen LogP contribution in [0.5, 0.6) is 0 Å². The number of nitrogens with zero attached hydrogens (tertiary/aromatic N) is 3. The average Bonchev–Trinajstić information content (AvgIpc) is 3.03. The van der Waals surface area contributed by atoms with Gasteiger partial charge in [0.25, 0.3) is 5.91 Å². The lowest BCUT2D eigenvalue weighted by Crippen LogP contribution is -2.38. The van der Waals surface area contributed by atoms with E-state index in [1.54, 1.807) is 49.2 Å². The molecular formula is C17H20N4O4. The molecule has 25 heavy (non-hydrogen) atoms. The first-order chi connectivity index (χ1) is 11.9. The minimum Gasteiger partial charge on any atom is -0.452 e. The molecule has 0 saturated heterocycles. The predicted octanol–water partition coefficient (Wildman–Crippen LogP) is 0.542. The molecule has 8 nitrogen and oxygen atoms in total. The fourth-order valence-corrected chi connectivity index (χ4v) is 1.98. The largest absolute Gasteiger partial charge is 0.452 e. The van der Waals surface area contributed by atoms with Crippen LogP contribution >= 0.6 is 0 Å². The Labute approximate surface area is 145 Å². The van der Waals surface area contributed by atoms with Gasteiger partial charge in [-0.05, 0) is 37.3 Å². The number of rotatable bonds is 6. The van der Waals surface area contributed by atoms with Gasteiger partial charge in [-0.15, -0.1) is 0 Å². The zero-order valence-electron chi connectivity index (χ0n) is 14.4. The molecule has 1 aromatic carbocycles. The molecule has 0 bridgehead atoms. The first-order valence-electron chi connectivity index (χ1n) is 7.63. The van der Waals surface area contributed by atoms with Crippen LogP contribution in [0.3, 0.4) is 0 Å². The van der Waals surface area contributed by atoms with Gasteiger partial charge in [0, 0.05) is 26.0 Å². The van der Waals surface area contributed by atoms with Crippen LogP contribution in [0.15, 0.2) is 36.5 Å². The lowest BCUT2D eigenvalue weighted by molar-refractivity contribution is -0.131. The Morgan fingerprint density at radius 3 is 2.40 bits per heavy atom. The van der Waals surface area contributed by atoms with Gasteiger partial charge in [0.15, 0.2) is 6.61 Å². The molecule has 0 radical (unpaired) electrons. The van der Waals surface area contributed by atoms with E-state index in [1.165, 1.54) is 4.90 Å². The van der Waals surface area contributed by atoms with Crippen molar-refractivity contribution in [2.75, 3.05) is 27.2 Å². The highest BCUT2D eigenvalue weighted by atomic mass is 16.5. The molecule has 2 aromatic rings. The monoisotopic (exact) mass is 344 g/mol. The maximum absolute atomic E-state index is 12.0. The molecular weight excluding hydrogens is 324 g/mol. The number of benzene rings is 1. The van der Waals surface area contributed by atoms with Gasteiger partial charge in [0.05, 0.1) is 17.8 Å². The highest BCUT2D eigenvalue weighted by molar-refractivity contribution is 5.92. The summed E-state index contributed by atoms with van der Waals surface area (Å²) in [5, 5.41) is 6.57. The number of hydrogen-bond acceptors (Lipinski definition) is 5. The van der Waals surface area contributed by atoms with E-state index in [0.717, 1.165) is 11.4 Å². The Hall–Kier alpha value is -3.16. The van der Waals surface area contributed by atoms with E-state index in [0.29, 0.717) is 5.56 Å². The average molecular weight is 344 g/mol. The summed E-state index contributed by atoms with van der Waals surface area (Å²) in [6.45, 7) is 1.34. The molecule has 0 aliphatic rings. The minimum absolute atomic E-state index is 0.138. The van der Waals surface area contributed by atoms with E-state index in [-0.39, 0.29) is 12.5 Å². The Morgan fingerprint density at radius 1 is 1.16 bits per heavy atom. The summed E-state index contributed by atoms with van der Waals surface area (Å²) in [4.78, 5) is 36.3. The first kappa shape index (κ1) is 18.2. The summed E-state index contributed by atoms with van der Waals surface area (Å²) in [6, 6.07) is 8.57. The van der Waals surface area contributed by atoms with Crippen molar-refractivity contribution < 1.29 is 19.1 Å². The Morgan fingerprint density at radius 2 is 1.84 bits per heavy atom. The summed E-state index contributed by atoms with van der Waals surface area (Å²) in [7, 11) is 3.17. The fourth-order valence-electron chi connectivity index (χ4n) is 1.98. The van der Waals surface area contributed by atoms with Crippen molar-refractivity contribution >= 4 is 17.8 Å². The van der Waals surface area contributed by atoms with Gasteiger partial charge < -0.3 is 15.0 Å². The molecule has 0 spiro atoms. The third-order valence-corrected chi connectivity index (χ3v) is 3.45. The van der Waals surface area contributed by atoms with Gasteiger partial charge in [-0.2, -0.15) is 5.10 Å². The Kier molecular flexibility index (Phi) is 5.89. The second-order valence-corrected chi connectivity index (χ2v) is 5.57. The van der Waals surface area contributed by atoms with E-state index in [9.17, 15) is 14.4 Å². The maximum Gasteiger partial charge on any atom is 0.338 e. The quantitative estimate of drug-likeness (QED) is 0.772. The zero-order valence-corrected chi connectivity index (χ0v) is 14.4. The second kappa shape index (κ2) is 8.09. The fraction of sp³-hybridized carbons (Fsp3) is 0.294. The van der Waals surface area contributed by atoms with Crippen LogP contribution in [-0.4, -0.2) is 59.7 Å². The molecule has 8 heteroatoms. The number of carbonyl (C=O) groups is 3. The van der Waals surface area contributed by atoms with Crippen LogP contribution in [0.4, 0.5) is 0 Å². The van der Waals surface area contributed by atoms with Crippen LogP contribution in [0.2, 0.25) is 0 Å².